The van der Waals surface area contributed by atoms with Gasteiger partial charge < -0.3 is 4.74 Å². The lowest BCUT2D eigenvalue weighted by molar-refractivity contribution is -0.188. The van der Waals surface area contributed by atoms with Crippen LogP contribution in [-0.2, 0) is 4.74 Å². The van der Waals surface area contributed by atoms with Gasteiger partial charge in [0, 0.05) is 0 Å². The van der Waals surface area contributed by atoms with E-state index in [0.717, 1.165) is 0 Å². The van der Waals surface area contributed by atoms with Crippen molar-refractivity contribution in [1.29, 1.82) is 0 Å². The molecule has 4 heteroatoms. The predicted molar refractivity (Wildman–Crippen MR) is 33.0 cm³/mol. The summed E-state index contributed by atoms with van der Waals surface area (Å²) in [5.41, 5.74) is 0. The number of hydrogen-bond acceptors (Lipinski definition) is 2. The Labute approximate surface area is 58.8 Å². The van der Waals surface area contributed by atoms with Gasteiger partial charge in [-0.05, 0) is 6.54 Å². The second-order valence-electron chi connectivity index (χ2n) is 2.31. The molecule has 1 aliphatic heterocycles. The van der Waals surface area contributed by atoms with Crippen LogP contribution in [0.5, 0.6) is 0 Å². The second-order valence-corrected chi connectivity index (χ2v) is 2.31. The van der Waals surface area contributed by atoms with Crippen LogP contribution in [-0.4, -0.2) is 37.2 Å². The van der Waals surface area contributed by atoms with Gasteiger partial charge in [-0.2, -0.15) is 0 Å². The minimum atomic E-state index is -1.45. The van der Waals surface area contributed by atoms with Crippen LogP contribution in [0.3, 0.4) is 0 Å². The van der Waals surface area contributed by atoms with Gasteiger partial charge in [-0.3, -0.25) is 4.90 Å². The number of nitrogens with zero attached hydrogens (tertiary/aromatic N) is 1. The second kappa shape index (κ2) is 3.25. The molecular formula is C6H11F2NO. The molecule has 60 valence electrons. The SMILES string of the molecule is CCN1C[C@@H](F)O[C@H](F)C1. The molecule has 0 spiro atoms. The fourth-order valence-electron chi connectivity index (χ4n) is 0.985. The lowest BCUT2D eigenvalue weighted by Gasteiger charge is -2.29. The molecule has 2 atom stereocenters. The average molecular weight is 151 g/mol. The van der Waals surface area contributed by atoms with Crippen LogP contribution in [0.25, 0.3) is 0 Å². The number of likely N-dealkylation sites (N-methyl/N-ethyl adjacent to an activating group) is 1. The third kappa shape index (κ3) is 1.88. The Morgan fingerprint density at radius 3 is 2.30 bits per heavy atom. The van der Waals surface area contributed by atoms with Crippen LogP contribution in [0, 0.1) is 0 Å². The summed E-state index contributed by atoms with van der Waals surface area (Å²) in [7, 11) is 0. The molecule has 2 nitrogen and oxygen atoms in total. The highest BCUT2D eigenvalue weighted by Crippen LogP contribution is 2.11. The summed E-state index contributed by atoms with van der Waals surface area (Å²) in [5.74, 6) is 0. The molecule has 0 radical (unpaired) electrons. The van der Waals surface area contributed by atoms with E-state index in [2.05, 4.69) is 4.74 Å². The van der Waals surface area contributed by atoms with Crippen LogP contribution in [0.1, 0.15) is 6.92 Å². The van der Waals surface area contributed by atoms with Gasteiger partial charge in [0.05, 0.1) is 13.1 Å². The molecule has 0 aromatic carbocycles. The van der Waals surface area contributed by atoms with E-state index in [-0.39, 0.29) is 13.1 Å². The molecule has 0 saturated carbocycles. The first-order valence-corrected chi connectivity index (χ1v) is 3.38. The number of morpholine rings is 1. The van der Waals surface area contributed by atoms with E-state index in [1.165, 1.54) is 0 Å². The van der Waals surface area contributed by atoms with Crippen LogP contribution < -0.4 is 0 Å². The van der Waals surface area contributed by atoms with Gasteiger partial charge in [0.25, 0.3) is 0 Å². The van der Waals surface area contributed by atoms with Crippen LogP contribution in [0.4, 0.5) is 8.78 Å². The van der Waals surface area contributed by atoms with Gasteiger partial charge >= 0.3 is 0 Å². The van der Waals surface area contributed by atoms with Crippen molar-refractivity contribution in [2.75, 3.05) is 19.6 Å². The Balaban J connectivity index is 2.35. The molecule has 0 unspecified atom stereocenters. The minimum absolute atomic E-state index is 0.191. The molecule has 1 saturated heterocycles. The first-order valence-electron chi connectivity index (χ1n) is 3.38. The first-order chi connectivity index (χ1) is 4.72. The molecule has 10 heavy (non-hydrogen) atoms. The molecule has 1 aliphatic rings. The van der Waals surface area contributed by atoms with Crippen LogP contribution in [0.2, 0.25) is 0 Å². The fourth-order valence-corrected chi connectivity index (χ4v) is 0.985. The third-order valence-corrected chi connectivity index (χ3v) is 1.55. The number of ether oxygens (including phenoxy) is 1. The third-order valence-electron chi connectivity index (χ3n) is 1.55. The normalized spacial score (nSPS) is 36.3. The van der Waals surface area contributed by atoms with E-state index in [9.17, 15) is 8.78 Å². The predicted octanol–water partition coefficient (Wildman–Crippen LogP) is 0.930. The molecule has 1 fully saturated rings. The zero-order valence-corrected chi connectivity index (χ0v) is 5.89. The summed E-state index contributed by atoms with van der Waals surface area (Å²) in [6, 6.07) is 0. The van der Waals surface area contributed by atoms with Gasteiger partial charge in [0.15, 0.2) is 0 Å². The Morgan fingerprint density at radius 1 is 1.40 bits per heavy atom. The van der Waals surface area contributed by atoms with Crippen molar-refractivity contribution in [3.8, 4) is 0 Å². The van der Waals surface area contributed by atoms with Gasteiger partial charge in [-0.25, -0.2) is 8.78 Å². The highest BCUT2D eigenvalue weighted by Gasteiger charge is 2.25. The highest BCUT2D eigenvalue weighted by atomic mass is 19.2. The Bertz CT molecular complexity index is 102. The van der Waals surface area contributed by atoms with Gasteiger partial charge in [-0.1, -0.05) is 6.92 Å². The standard InChI is InChI=1S/C6H11F2NO/c1-2-9-3-5(7)10-6(8)4-9/h5-6H,2-4H2,1H3/t5-,6-/m0/s1. The van der Waals surface area contributed by atoms with Crippen molar-refractivity contribution >= 4 is 0 Å². The number of hydrogen-bond donors (Lipinski definition) is 0. The van der Waals surface area contributed by atoms with Gasteiger partial charge in [-0.15, -0.1) is 0 Å². The van der Waals surface area contributed by atoms with E-state index in [4.69, 9.17) is 0 Å². The highest BCUT2D eigenvalue weighted by molar-refractivity contribution is 4.65. The van der Waals surface area contributed by atoms with Crippen molar-refractivity contribution in [2.45, 2.75) is 19.6 Å². The Morgan fingerprint density at radius 2 is 1.90 bits per heavy atom. The van der Waals surface area contributed by atoms with Crippen molar-refractivity contribution in [3.63, 3.8) is 0 Å². The molecule has 0 amide bonds. The molecule has 0 aromatic heterocycles. The van der Waals surface area contributed by atoms with Crippen molar-refractivity contribution < 1.29 is 13.5 Å². The summed E-state index contributed by atoms with van der Waals surface area (Å²) >= 11 is 0. The van der Waals surface area contributed by atoms with E-state index in [1.807, 2.05) is 6.92 Å². The summed E-state index contributed by atoms with van der Waals surface area (Å²) in [5, 5.41) is 0. The fraction of sp³-hybridized carbons (Fsp3) is 1.00. The van der Waals surface area contributed by atoms with E-state index >= 15 is 0 Å². The summed E-state index contributed by atoms with van der Waals surface area (Å²) in [6.45, 7) is 2.92. The molecule has 0 aromatic rings. The maximum absolute atomic E-state index is 12.4. The van der Waals surface area contributed by atoms with E-state index < -0.39 is 12.7 Å². The topological polar surface area (TPSA) is 12.5 Å². The maximum atomic E-state index is 12.4. The quantitative estimate of drug-likeness (QED) is 0.552. The smallest absolute Gasteiger partial charge is 0.214 e. The monoisotopic (exact) mass is 151 g/mol. The van der Waals surface area contributed by atoms with Crippen LogP contribution >= 0.6 is 0 Å². The molecule has 0 bridgehead atoms. The zero-order valence-electron chi connectivity index (χ0n) is 5.89. The Hall–Kier alpha value is -0.220. The summed E-state index contributed by atoms with van der Waals surface area (Å²) in [6.07, 6.45) is -2.91. The van der Waals surface area contributed by atoms with Gasteiger partial charge in [0.1, 0.15) is 0 Å². The largest absolute Gasteiger partial charge is 0.311 e. The van der Waals surface area contributed by atoms with Crippen molar-refractivity contribution in [3.05, 3.63) is 0 Å². The first kappa shape index (κ1) is 7.88. The summed E-state index contributed by atoms with van der Waals surface area (Å²) in [4.78, 5) is 1.68. The number of rotatable bonds is 1. The molecule has 1 heterocycles. The molecule has 0 N–H and O–H groups in total. The molecule has 0 aliphatic carbocycles. The number of alkyl halides is 2. The van der Waals surface area contributed by atoms with Crippen molar-refractivity contribution in [1.82, 2.24) is 4.90 Å². The Kier molecular flexibility index (Phi) is 2.56. The van der Waals surface area contributed by atoms with Gasteiger partial charge in [0.2, 0.25) is 12.7 Å². The minimum Gasteiger partial charge on any atom is -0.311 e. The van der Waals surface area contributed by atoms with E-state index in [1.54, 1.807) is 4.90 Å². The lowest BCUT2D eigenvalue weighted by atomic mass is 10.4. The van der Waals surface area contributed by atoms with E-state index in [0.29, 0.717) is 6.54 Å². The molecular weight excluding hydrogens is 140 g/mol. The maximum Gasteiger partial charge on any atom is 0.214 e. The zero-order chi connectivity index (χ0) is 7.56. The average Bonchev–Trinajstić information content (AvgIpc) is 1.85. The van der Waals surface area contributed by atoms with Crippen LogP contribution in [0.15, 0.2) is 0 Å². The van der Waals surface area contributed by atoms with Crippen molar-refractivity contribution in [2.24, 2.45) is 0 Å². The lowest BCUT2D eigenvalue weighted by Crippen LogP contribution is -2.44. The number of halogens is 2. The summed E-state index contributed by atoms with van der Waals surface area (Å²) < 4.78 is 29.0. The molecule has 1 rings (SSSR count).